The molecular formula is C12H14FNO2. The van der Waals surface area contributed by atoms with Gasteiger partial charge in [-0.1, -0.05) is 12.1 Å². The van der Waals surface area contributed by atoms with Crippen LogP contribution in [0.4, 0.5) is 4.39 Å². The molecular weight excluding hydrogens is 209 g/mol. The van der Waals surface area contributed by atoms with Crippen molar-refractivity contribution < 1.29 is 14.3 Å². The topological polar surface area (TPSA) is 40.5 Å². The number of aliphatic hydroxyl groups excluding tert-OH is 1. The Kier molecular flexibility index (Phi) is 3.31. The molecule has 1 aromatic rings. The van der Waals surface area contributed by atoms with E-state index in [1.54, 1.807) is 6.07 Å². The number of carbonyl (C=O) groups is 1. The lowest BCUT2D eigenvalue weighted by Crippen LogP contribution is -2.28. The Morgan fingerprint density at radius 2 is 2.38 bits per heavy atom. The van der Waals surface area contributed by atoms with Crippen LogP contribution in [-0.2, 0) is 0 Å². The van der Waals surface area contributed by atoms with Gasteiger partial charge < -0.3 is 5.11 Å². The largest absolute Gasteiger partial charge is 0.392 e. The lowest BCUT2D eigenvalue weighted by molar-refractivity contribution is 0.0934. The molecule has 1 aromatic carbocycles. The summed E-state index contributed by atoms with van der Waals surface area (Å²) in [6.07, 6.45) is 0.372. The Labute approximate surface area is 93.5 Å². The molecule has 0 aliphatic carbocycles. The number of nitrogens with zero attached hydrogens (tertiary/aromatic N) is 1. The summed E-state index contributed by atoms with van der Waals surface area (Å²) in [4.78, 5) is 13.7. The fraction of sp³-hybridized carbons (Fsp3) is 0.417. The van der Waals surface area contributed by atoms with Gasteiger partial charge in [0.15, 0.2) is 5.78 Å². The number of carbonyl (C=O) groups excluding carboxylic acids is 1. The number of aliphatic hydroxyl groups is 1. The molecule has 1 heterocycles. The van der Waals surface area contributed by atoms with E-state index in [-0.39, 0.29) is 18.4 Å². The van der Waals surface area contributed by atoms with Crippen LogP contribution in [0.25, 0.3) is 0 Å². The van der Waals surface area contributed by atoms with Crippen molar-refractivity contribution in [3.8, 4) is 0 Å². The molecule has 2 rings (SSSR count). The number of likely N-dealkylation sites (tertiary alicyclic amines) is 1. The second-order valence-corrected chi connectivity index (χ2v) is 4.11. The van der Waals surface area contributed by atoms with Crippen LogP contribution < -0.4 is 0 Å². The van der Waals surface area contributed by atoms with Gasteiger partial charge in [0, 0.05) is 18.7 Å². The van der Waals surface area contributed by atoms with Gasteiger partial charge in [0.25, 0.3) is 0 Å². The standard InChI is InChI=1S/C12H14FNO2/c13-10-3-1-2-9(6-10)12(16)8-14-5-4-11(15)7-14/h1-3,6,11,15H,4-5,7-8H2. The van der Waals surface area contributed by atoms with E-state index in [0.29, 0.717) is 18.5 Å². The average Bonchev–Trinajstić information content (AvgIpc) is 2.64. The Hall–Kier alpha value is -1.26. The number of Topliss-reactive ketones (excluding diaryl/α,β-unsaturated/α-hetero) is 1. The Bertz CT molecular complexity index is 394. The zero-order valence-electron chi connectivity index (χ0n) is 8.90. The first-order chi connectivity index (χ1) is 7.65. The van der Waals surface area contributed by atoms with Crippen LogP contribution in [0.2, 0.25) is 0 Å². The highest BCUT2D eigenvalue weighted by atomic mass is 19.1. The van der Waals surface area contributed by atoms with Gasteiger partial charge in [-0.3, -0.25) is 9.69 Å². The first-order valence-electron chi connectivity index (χ1n) is 5.34. The van der Waals surface area contributed by atoms with Crippen LogP contribution in [0, 0.1) is 5.82 Å². The fourth-order valence-corrected chi connectivity index (χ4v) is 1.91. The maximum Gasteiger partial charge on any atom is 0.176 e. The molecule has 1 unspecified atom stereocenters. The minimum absolute atomic E-state index is 0.103. The summed E-state index contributed by atoms with van der Waals surface area (Å²) in [5, 5.41) is 9.31. The smallest absolute Gasteiger partial charge is 0.176 e. The van der Waals surface area contributed by atoms with E-state index >= 15 is 0 Å². The first kappa shape index (κ1) is 11.2. The second-order valence-electron chi connectivity index (χ2n) is 4.11. The summed E-state index contributed by atoms with van der Waals surface area (Å²) < 4.78 is 12.9. The number of β-amino-alcohol motifs (C(OH)–C–C–N with tert-alkyl or cyclic N) is 1. The zero-order valence-corrected chi connectivity index (χ0v) is 8.90. The third-order valence-corrected chi connectivity index (χ3v) is 2.76. The number of halogens is 1. The van der Waals surface area contributed by atoms with Crippen molar-refractivity contribution in [3.63, 3.8) is 0 Å². The molecule has 0 radical (unpaired) electrons. The van der Waals surface area contributed by atoms with Crippen molar-refractivity contribution in [3.05, 3.63) is 35.6 Å². The van der Waals surface area contributed by atoms with Crippen molar-refractivity contribution in [1.82, 2.24) is 4.90 Å². The summed E-state index contributed by atoms with van der Waals surface area (Å²) in [7, 11) is 0. The third kappa shape index (κ3) is 2.65. The van der Waals surface area contributed by atoms with E-state index in [0.717, 1.165) is 6.54 Å². The molecule has 0 aromatic heterocycles. The van der Waals surface area contributed by atoms with E-state index in [2.05, 4.69) is 0 Å². The molecule has 1 atom stereocenters. The van der Waals surface area contributed by atoms with Crippen molar-refractivity contribution in [2.45, 2.75) is 12.5 Å². The SMILES string of the molecule is O=C(CN1CCC(O)C1)c1cccc(F)c1. The minimum atomic E-state index is -0.396. The zero-order chi connectivity index (χ0) is 11.5. The summed E-state index contributed by atoms with van der Waals surface area (Å²) in [5.41, 5.74) is 0.390. The molecule has 0 saturated carbocycles. The number of hydrogen-bond acceptors (Lipinski definition) is 3. The van der Waals surface area contributed by atoms with Crippen LogP contribution in [-0.4, -0.2) is 41.5 Å². The minimum Gasteiger partial charge on any atom is -0.392 e. The van der Waals surface area contributed by atoms with Gasteiger partial charge in [0.2, 0.25) is 0 Å². The summed E-state index contributed by atoms with van der Waals surface area (Å²) in [6, 6.07) is 5.70. The van der Waals surface area contributed by atoms with E-state index in [1.807, 2.05) is 4.90 Å². The molecule has 0 bridgehead atoms. The van der Waals surface area contributed by atoms with E-state index in [1.165, 1.54) is 18.2 Å². The van der Waals surface area contributed by atoms with Gasteiger partial charge in [0.1, 0.15) is 5.82 Å². The van der Waals surface area contributed by atoms with E-state index in [9.17, 15) is 14.3 Å². The van der Waals surface area contributed by atoms with Crippen molar-refractivity contribution in [2.75, 3.05) is 19.6 Å². The number of ketones is 1. The van der Waals surface area contributed by atoms with Crippen LogP contribution in [0.1, 0.15) is 16.8 Å². The molecule has 1 aliphatic heterocycles. The van der Waals surface area contributed by atoms with Crippen LogP contribution in [0.5, 0.6) is 0 Å². The van der Waals surface area contributed by atoms with Gasteiger partial charge >= 0.3 is 0 Å². The van der Waals surface area contributed by atoms with Crippen molar-refractivity contribution >= 4 is 5.78 Å². The normalized spacial score (nSPS) is 21.2. The average molecular weight is 223 g/mol. The summed E-state index contributed by atoms with van der Waals surface area (Å²) >= 11 is 0. The quantitative estimate of drug-likeness (QED) is 0.779. The number of hydrogen-bond donors (Lipinski definition) is 1. The Morgan fingerprint density at radius 3 is 3.00 bits per heavy atom. The molecule has 3 nitrogen and oxygen atoms in total. The van der Waals surface area contributed by atoms with Crippen molar-refractivity contribution in [1.29, 1.82) is 0 Å². The number of rotatable bonds is 3. The Morgan fingerprint density at radius 1 is 1.56 bits per heavy atom. The Balaban J connectivity index is 1.98. The van der Waals surface area contributed by atoms with Crippen LogP contribution in [0.3, 0.4) is 0 Å². The van der Waals surface area contributed by atoms with Gasteiger partial charge in [-0.15, -0.1) is 0 Å². The maximum atomic E-state index is 12.9. The van der Waals surface area contributed by atoms with E-state index in [4.69, 9.17) is 0 Å². The monoisotopic (exact) mass is 223 g/mol. The summed E-state index contributed by atoms with van der Waals surface area (Å²) in [6.45, 7) is 1.50. The van der Waals surface area contributed by atoms with Crippen molar-refractivity contribution in [2.24, 2.45) is 0 Å². The van der Waals surface area contributed by atoms with Crippen LogP contribution >= 0.6 is 0 Å². The predicted molar refractivity (Wildman–Crippen MR) is 57.8 cm³/mol. The highest BCUT2D eigenvalue weighted by molar-refractivity contribution is 5.97. The highest BCUT2D eigenvalue weighted by Gasteiger charge is 2.22. The maximum absolute atomic E-state index is 12.9. The molecule has 4 heteroatoms. The molecule has 1 fully saturated rings. The van der Waals surface area contributed by atoms with Gasteiger partial charge in [-0.2, -0.15) is 0 Å². The van der Waals surface area contributed by atoms with Gasteiger partial charge in [-0.05, 0) is 18.6 Å². The molecule has 1 saturated heterocycles. The predicted octanol–water partition coefficient (Wildman–Crippen LogP) is 1.07. The molecule has 0 amide bonds. The van der Waals surface area contributed by atoms with E-state index < -0.39 is 5.82 Å². The molecule has 86 valence electrons. The molecule has 0 spiro atoms. The lowest BCUT2D eigenvalue weighted by atomic mass is 10.1. The molecule has 1 N–H and O–H groups in total. The fourth-order valence-electron chi connectivity index (χ4n) is 1.91. The number of benzene rings is 1. The molecule has 1 aliphatic rings. The third-order valence-electron chi connectivity index (χ3n) is 2.76. The summed E-state index contributed by atoms with van der Waals surface area (Å²) in [5.74, 6) is -0.499. The lowest BCUT2D eigenvalue weighted by Gasteiger charge is -2.13. The first-order valence-corrected chi connectivity index (χ1v) is 5.34. The van der Waals surface area contributed by atoms with Crippen LogP contribution in [0.15, 0.2) is 24.3 Å². The van der Waals surface area contributed by atoms with Gasteiger partial charge in [0.05, 0.1) is 12.6 Å². The van der Waals surface area contributed by atoms with Gasteiger partial charge in [-0.25, -0.2) is 4.39 Å². The second kappa shape index (κ2) is 4.72. The highest BCUT2D eigenvalue weighted by Crippen LogP contribution is 2.11. The molecule has 16 heavy (non-hydrogen) atoms.